The van der Waals surface area contributed by atoms with Crippen LogP contribution in [0.25, 0.3) is 0 Å². The van der Waals surface area contributed by atoms with Gasteiger partial charge in [-0.2, -0.15) is 0 Å². The molecule has 5 heteroatoms. The quantitative estimate of drug-likeness (QED) is 0.697. The van der Waals surface area contributed by atoms with Crippen molar-refractivity contribution in [1.29, 1.82) is 0 Å². The van der Waals surface area contributed by atoms with Crippen LogP contribution < -0.4 is 15.4 Å². The second kappa shape index (κ2) is 7.11. The number of nitrogens with one attached hydrogen (secondary N) is 2. The van der Waals surface area contributed by atoms with Gasteiger partial charge in [-0.1, -0.05) is 6.07 Å². The monoisotopic (exact) mass is 266 g/mol. The Bertz CT molecular complexity index is 419. The summed E-state index contributed by atoms with van der Waals surface area (Å²) in [5.41, 5.74) is 0.437. The molecule has 1 aromatic rings. The van der Waals surface area contributed by atoms with Gasteiger partial charge in [0.1, 0.15) is 5.75 Å². The van der Waals surface area contributed by atoms with Gasteiger partial charge < -0.3 is 20.5 Å². The number of hydrogen-bond donors (Lipinski definition) is 3. The van der Waals surface area contributed by atoms with Gasteiger partial charge in [0.15, 0.2) is 0 Å². The number of aliphatic hydroxyl groups is 1. The van der Waals surface area contributed by atoms with E-state index in [2.05, 4.69) is 10.6 Å². The fraction of sp³-hybridized carbons (Fsp3) is 0.500. The van der Waals surface area contributed by atoms with Gasteiger partial charge >= 0.3 is 0 Å². The Kier molecular flexibility index (Phi) is 5.79. The fourth-order valence-corrected chi connectivity index (χ4v) is 1.59. The van der Waals surface area contributed by atoms with Gasteiger partial charge in [-0.15, -0.1) is 0 Å². The maximum Gasteiger partial charge on any atom is 0.238 e. The average molecular weight is 266 g/mol. The Morgan fingerprint density at radius 1 is 1.42 bits per heavy atom. The number of carbonyl (C=O) groups excluding carboxylic acids is 1. The number of aliphatic hydroxyl groups excluding tert-OH is 1. The molecule has 1 rings (SSSR count). The lowest BCUT2D eigenvalue weighted by Gasteiger charge is -2.25. The van der Waals surface area contributed by atoms with Crippen molar-refractivity contribution in [2.45, 2.75) is 25.8 Å². The molecule has 5 nitrogen and oxygen atoms in total. The smallest absolute Gasteiger partial charge is 0.238 e. The third-order valence-corrected chi connectivity index (χ3v) is 2.82. The van der Waals surface area contributed by atoms with E-state index in [9.17, 15) is 4.79 Å². The first-order chi connectivity index (χ1) is 8.96. The minimum atomic E-state index is -0.263. The number of carbonyl (C=O) groups is 1. The predicted octanol–water partition coefficient (Wildman–Crippen LogP) is 1.38. The summed E-state index contributed by atoms with van der Waals surface area (Å²) in [6.45, 7) is 4.19. The molecule has 0 saturated carbocycles. The molecule has 0 atom stereocenters. The average Bonchev–Trinajstić information content (AvgIpc) is 2.37. The number of benzene rings is 1. The first-order valence-electron chi connectivity index (χ1n) is 6.26. The van der Waals surface area contributed by atoms with Crippen molar-refractivity contribution < 1.29 is 14.6 Å². The zero-order valence-electron chi connectivity index (χ0n) is 11.7. The lowest BCUT2D eigenvalue weighted by molar-refractivity contribution is -0.115. The van der Waals surface area contributed by atoms with E-state index in [4.69, 9.17) is 9.84 Å². The SMILES string of the molecule is COc1cccc(NC(=O)CNC(C)(C)CCO)c1. The number of ether oxygens (including phenoxy) is 1. The van der Waals surface area contributed by atoms with Crippen LogP contribution in [0, 0.1) is 0 Å². The second-order valence-corrected chi connectivity index (χ2v) is 4.99. The second-order valence-electron chi connectivity index (χ2n) is 4.99. The fourth-order valence-electron chi connectivity index (χ4n) is 1.59. The van der Waals surface area contributed by atoms with Crippen LogP contribution in [-0.4, -0.2) is 36.8 Å². The van der Waals surface area contributed by atoms with Crippen LogP contribution in [0.1, 0.15) is 20.3 Å². The highest BCUT2D eigenvalue weighted by atomic mass is 16.5. The maximum atomic E-state index is 11.8. The van der Waals surface area contributed by atoms with Crippen LogP contribution in [0.3, 0.4) is 0 Å². The molecule has 19 heavy (non-hydrogen) atoms. The van der Waals surface area contributed by atoms with E-state index < -0.39 is 0 Å². The van der Waals surface area contributed by atoms with Crippen molar-refractivity contribution in [3.63, 3.8) is 0 Å². The summed E-state index contributed by atoms with van der Waals surface area (Å²) in [7, 11) is 1.58. The topological polar surface area (TPSA) is 70.6 Å². The summed E-state index contributed by atoms with van der Waals surface area (Å²) in [4.78, 5) is 11.8. The van der Waals surface area contributed by atoms with E-state index in [1.54, 1.807) is 19.2 Å². The van der Waals surface area contributed by atoms with Gasteiger partial charge in [-0.25, -0.2) is 0 Å². The van der Waals surface area contributed by atoms with Gasteiger partial charge in [0, 0.05) is 23.9 Å². The van der Waals surface area contributed by atoms with E-state index in [1.807, 2.05) is 26.0 Å². The summed E-state index contributed by atoms with van der Waals surface area (Å²) in [5.74, 6) is 0.575. The highest BCUT2D eigenvalue weighted by Gasteiger charge is 2.17. The normalized spacial score (nSPS) is 11.2. The van der Waals surface area contributed by atoms with E-state index >= 15 is 0 Å². The molecule has 1 aromatic carbocycles. The standard InChI is InChI=1S/C14H22N2O3/c1-14(2,7-8-17)15-10-13(18)16-11-5-4-6-12(9-11)19-3/h4-6,9,15,17H,7-8,10H2,1-3H3,(H,16,18). The zero-order valence-corrected chi connectivity index (χ0v) is 11.7. The largest absolute Gasteiger partial charge is 0.497 e. The van der Waals surface area contributed by atoms with Crippen LogP contribution in [0.4, 0.5) is 5.69 Å². The molecule has 0 saturated heterocycles. The third-order valence-electron chi connectivity index (χ3n) is 2.82. The third kappa shape index (κ3) is 5.72. The molecule has 0 aromatic heterocycles. The van der Waals surface area contributed by atoms with Gasteiger partial charge in [-0.05, 0) is 32.4 Å². The molecule has 0 aliphatic heterocycles. The Labute approximate surface area is 114 Å². The number of anilines is 1. The first-order valence-corrected chi connectivity index (χ1v) is 6.26. The summed E-state index contributed by atoms with van der Waals surface area (Å²) in [6, 6.07) is 7.20. The van der Waals surface area contributed by atoms with E-state index in [0.29, 0.717) is 17.9 Å². The maximum absolute atomic E-state index is 11.8. The molecule has 0 bridgehead atoms. The lowest BCUT2D eigenvalue weighted by atomic mass is 10.0. The van der Waals surface area contributed by atoms with Crippen molar-refractivity contribution in [2.24, 2.45) is 0 Å². The van der Waals surface area contributed by atoms with E-state index in [0.717, 1.165) is 0 Å². The van der Waals surface area contributed by atoms with Crippen molar-refractivity contribution in [1.82, 2.24) is 5.32 Å². The summed E-state index contributed by atoms with van der Waals surface area (Å²) in [6.07, 6.45) is 0.597. The lowest BCUT2D eigenvalue weighted by Crippen LogP contribution is -2.44. The molecule has 0 unspecified atom stereocenters. The molecule has 3 N–H and O–H groups in total. The molecule has 106 valence electrons. The Balaban J connectivity index is 2.46. The van der Waals surface area contributed by atoms with Crippen LogP contribution >= 0.6 is 0 Å². The zero-order chi connectivity index (χ0) is 14.3. The Hall–Kier alpha value is -1.59. The number of hydrogen-bond acceptors (Lipinski definition) is 4. The Morgan fingerprint density at radius 3 is 2.79 bits per heavy atom. The predicted molar refractivity (Wildman–Crippen MR) is 75.4 cm³/mol. The highest BCUT2D eigenvalue weighted by molar-refractivity contribution is 5.92. The van der Waals surface area contributed by atoms with Gasteiger partial charge in [0.05, 0.1) is 13.7 Å². The molecule has 0 heterocycles. The molecule has 1 amide bonds. The van der Waals surface area contributed by atoms with Crippen LogP contribution in [0.15, 0.2) is 24.3 Å². The Morgan fingerprint density at radius 2 is 2.16 bits per heavy atom. The minimum Gasteiger partial charge on any atom is -0.497 e. The molecule has 0 aliphatic rings. The highest BCUT2D eigenvalue weighted by Crippen LogP contribution is 2.16. The van der Waals surface area contributed by atoms with Crippen molar-refractivity contribution in [2.75, 3.05) is 25.6 Å². The first kappa shape index (κ1) is 15.5. The van der Waals surface area contributed by atoms with Crippen LogP contribution in [0.2, 0.25) is 0 Å². The minimum absolute atomic E-state index is 0.0947. The summed E-state index contributed by atoms with van der Waals surface area (Å²) < 4.78 is 5.09. The van der Waals surface area contributed by atoms with Crippen molar-refractivity contribution in [3.05, 3.63) is 24.3 Å². The summed E-state index contributed by atoms with van der Waals surface area (Å²) >= 11 is 0. The molecular formula is C14H22N2O3. The summed E-state index contributed by atoms with van der Waals surface area (Å²) in [5, 5.41) is 14.8. The van der Waals surface area contributed by atoms with Gasteiger partial charge in [0.2, 0.25) is 5.91 Å². The van der Waals surface area contributed by atoms with Crippen LogP contribution in [-0.2, 0) is 4.79 Å². The number of rotatable bonds is 7. The van der Waals surface area contributed by atoms with E-state index in [-0.39, 0.29) is 24.6 Å². The van der Waals surface area contributed by atoms with Crippen LogP contribution in [0.5, 0.6) is 5.75 Å². The molecule has 0 aliphatic carbocycles. The number of amides is 1. The molecular weight excluding hydrogens is 244 g/mol. The van der Waals surface area contributed by atoms with Crippen molar-refractivity contribution in [3.8, 4) is 5.75 Å². The van der Waals surface area contributed by atoms with Gasteiger partial charge in [0.25, 0.3) is 0 Å². The van der Waals surface area contributed by atoms with E-state index in [1.165, 1.54) is 0 Å². The number of methoxy groups -OCH3 is 1. The van der Waals surface area contributed by atoms with Crippen molar-refractivity contribution >= 4 is 11.6 Å². The molecule has 0 radical (unpaired) electrons. The molecule has 0 fully saturated rings. The van der Waals surface area contributed by atoms with Gasteiger partial charge in [-0.3, -0.25) is 4.79 Å². The molecule has 0 spiro atoms.